The lowest BCUT2D eigenvalue weighted by molar-refractivity contribution is -0.112. The van der Waals surface area contributed by atoms with Gasteiger partial charge in [0.15, 0.2) is 5.04 Å². The van der Waals surface area contributed by atoms with Gasteiger partial charge in [0.1, 0.15) is 5.76 Å². The number of hydrogen-bond donors (Lipinski definition) is 6. The predicted molar refractivity (Wildman–Crippen MR) is 95.3 cm³/mol. The van der Waals surface area contributed by atoms with Crippen LogP contribution in [0.1, 0.15) is 17.3 Å². The first kappa shape index (κ1) is 20.4. The molecule has 0 spiro atoms. The average Bonchev–Trinajstić information content (AvgIpc) is 2.50. The number of benzene rings is 1. The first-order valence-electron chi connectivity index (χ1n) is 6.51. The second kappa shape index (κ2) is 7.96. The van der Waals surface area contributed by atoms with Crippen LogP contribution in [-0.2, 0) is 14.9 Å². The van der Waals surface area contributed by atoms with Crippen molar-refractivity contribution in [2.45, 2.75) is 6.92 Å². The Bertz CT molecular complexity index is 899. The van der Waals surface area contributed by atoms with Crippen LogP contribution in [0.3, 0.4) is 0 Å². The zero-order valence-electron chi connectivity index (χ0n) is 12.8. The van der Waals surface area contributed by atoms with Crippen molar-refractivity contribution in [2.24, 2.45) is 5.73 Å². The van der Waals surface area contributed by atoms with Crippen molar-refractivity contribution in [3.05, 3.63) is 52.1 Å². The Morgan fingerprint density at radius 1 is 1.36 bits per heavy atom. The summed E-state index contributed by atoms with van der Waals surface area (Å²) >= 11 is 3.73. The monoisotopic (exact) mass is 385 g/mol. The van der Waals surface area contributed by atoms with E-state index < -0.39 is 43.2 Å². The van der Waals surface area contributed by atoms with Crippen LogP contribution in [0.15, 0.2) is 46.6 Å². The molecule has 0 atom stereocenters. The summed E-state index contributed by atoms with van der Waals surface area (Å²) in [6, 6.07) is 5.67. The van der Waals surface area contributed by atoms with Gasteiger partial charge >= 0.3 is 10.1 Å². The highest BCUT2D eigenvalue weighted by Gasteiger charge is 2.19. The highest BCUT2D eigenvalue weighted by molar-refractivity contribution is 8.04. The van der Waals surface area contributed by atoms with E-state index in [1.165, 1.54) is 24.3 Å². The molecule has 0 bridgehead atoms. The van der Waals surface area contributed by atoms with E-state index in [2.05, 4.69) is 17.9 Å². The largest absolute Gasteiger partial charge is 0.512 e. The summed E-state index contributed by atoms with van der Waals surface area (Å²) in [6.07, 6.45) is 0.807. The van der Waals surface area contributed by atoms with Gasteiger partial charge in [0.2, 0.25) is 5.91 Å². The molecule has 0 saturated heterocycles. The number of aliphatic hydroxyl groups excluding tert-OH is 1. The van der Waals surface area contributed by atoms with E-state index in [1.54, 1.807) is 0 Å². The molecule has 0 aromatic heterocycles. The minimum atomic E-state index is -4.82. The molecule has 0 radical (unpaired) electrons. The summed E-state index contributed by atoms with van der Waals surface area (Å²) in [4.78, 5) is 22.8. The van der Waals surface area contributed by atoms with Gasteiger partial charge in [-0.25, -0.2) is 0 Å². The molecule has 0 heterocycles. The van der Waals surface area contributed by atoms with Crippen molar-refractivity contribution < 1.29 is 27.7 Å². The lowest BCUT2D eigenvalue weighted by Gasteiger charge is -2.09. The Morgan fingerprint density at radius 3 is 2.44 bits per heavy atom. The van der Waals surface area contributed by atoms with E-state index in [1.807, 2.05) is 0 Å². The number of anilines is 1. The van der Waals surface area contributed by atoms with Crippen LogP contribution >= 0.6 is 12.6 Å². The molecule has 0 aliphatic heterocycles. The Kier molecular flexibility index (Phi) is 6.50. The topological polar surface area (TPSA) is 171 Å². The van der Waals surface area contributed by atoms with E-state index in [4.69, 9.17) is 15.7 Å². The van der Waals surface area contributed by atoms with Gasteiger partial charge in [-0.15, -0.1) is 12.6 Å². The molecule has 0 aliphatic carbocycles. The van der Waals surface area contributed by atoms with Crippen molar-refractivity contribution in [1.82, 2.24) is 0 Å². The molecule has 6 N–H and O–H groups in total. The smallest absolute Gasteiger partial charge is 0.312 e. The van der Waals surface area contributed by atoms with E-state index in [0.717, 1.165) is 13.0 Å². The van der Waals surface area contributed by atoms with Crippen LogP contribution in [0, 0.1) is 5.41 Å². The molecular formula is C14H15N3O6S2. The Balaban J connectivity index is 3.15. The number of nitrogens with one attached hydrogen (secondary N) is 2. The number of carbonyl (C=O) groups excluding carboxylic acids is 2. The van der Waals surface area contributed by atoms with E-state index in [9.17, 15) is 23.1 Å². The molecule has 9 nitrogen and oxygen atoms in total. The van der Waals surface area contributed by atoms with Crippen molar-refractivity contribution >= 4 is 45.3 Å². The molecule has 134 valence electrons. The second-order valence-electron chi connectivity index (χ2n) is 4.73. The standard InChI is InChI=1S/C14H15N3O6S2/c1-7(18)10(6-11(24)13(16)25(21,22)23)14(20)17-9-4-2-3-8(5-9)12(15)19/h2-6,16,18,24H,1H3,(H2,15,19)(H,17,20)(H,21,22,23). The maximum absolute atomic E-state index is 12.2. The van der Waals surface area contributed by atoms with Gasteiger partial charge in [-0.3, -0.25) is 19.6 Å². The number of hydrogen-bond acceptors (Lipinski definition) is 7. The van der Waals surface area contributed by atoms with Gasteiger partial charge < -0.3 is 16.2 Å². The fraction of sp³-hybridized carbons (Fsp3) is 0.0714. The van der Waals surface area contributed by atoms with Crippen LogP contribution in [0.5, 0.6) is 0 Å². The van der Waals surface area contributed by atoms with Crippen molar-refractivity contribution in [3.63, 3.8) is 0 Å². The zero-order valence-corrected chi connectivity index (χ0v) is 14.6. The molecule has 2 amide bonds. The Hall–Kier alpha value is -2.63. The highest BCUT2D eigenvalue weighted by Crippen LogP contribution is 2.17. The molecule has 1 aromatic carbocycles. The molecule has 0 aliphatic rings. The first-order valence-corrected chi connectivity index (χ1v) is 8.40. The third kappa shape index (κ3) is 5.74. The van der Waals surface area contributed by atoms with Crippen LogP contribution in [0.4, 0.5) is 5.69 Å². The number of rotatable bonds is 5. The third-order valence-corrected chi connectivity index (χ3v) is 4.05. The van der Waals surface area contributed by atoms with Crippen molar-refractivity contribution in [2.75, 3.05) is 5.32 Å². The fourth-order valence-electron chi connectivity index (χ4n) is 1.62. The lowest BCUT2D eigenvalue weighted by Crippen LogP contribution is -2.18. The van der Waals surface area contributed by atoms with Gasteiger partial charge in [0, 0.05) is 16.2 Å². The number of aliphatic hydroxyl groups is 1. The minimum absolute atomic E-state index is 0.141. The summed E-state index contributed by atoms with van der Waals surface area (Å²) in [5.41, 5.74) is 5.07. The molecule has 11 heteroatoms. The molecule has 0 saturated carbocycles. The average molecular weight is 385 g/mol. The predicted octanol–water partition coefficient (Wildman–Crippen LogP) is 1.23. The van der Waals surface area contributed by atoms with E-state index >= 15 is 0 Å². The second-order valence-corrected chi connectivity index (χ2v) is 6.57. The van der Waals surface area contributed by atoms with Crippen molar-refractivity contribution in [1.29, 1.82) is 5.41 Å². The molecule has 25 heavy (non-hydrogen) atoms. The normalized spacial score (nSPS) is 13.0. The molecular weight excluding hydrogens is 370 g/mol. The zero-order chi connectivity index (χ0) is 19.4. The van der Waals surface area contributed by atoms with Gasteiger partial charge in [-0.05, 0) is 31.2 Å². The van der Waals surface area contributed by atoms with Crippen molar-refractivity contribution in [3.8, 4) is 0 Å². The van der Waals surface area contributed by atoms with E-state index in [-0.39, 0.29) is 11.3 Å². The SMILES string of the molecule is CC(O)=C(C=C(S)C(=N)S(=O)(=O)O)C(=O)Nc1cccc(C(N)=O)c1. The molecule has 0 fully saturated rings. The number of amides is 2. The summed E-state index contributed by atoms with van der Waals surface area (Å²) in [7, 11) is -4.82. The molecule has 1 aromatic rings. The summed E-state index contributed by atoms with van der Waals surface area (Å²) in [5, 5.41) is 18.0. The first-order chi connectivity index (χ1) is 11.4. The third-order valence-electron chi connectivity index (χ3n) is 2.81. The number of nitrogens with two attached hydrogens (primary N) is 1. The van der Waals surface area contributed by atoms with Crippen LogP contribution in [-0.4, -0.2) is 34.9 Å². The highest BCUT2D eigenvalue weighted by atomic mass is 32.2. The van der Waals surface area contributed by atoms with Gasteiger partial charge in [0.05, 0.1) is 5.57 Å². The van der Waals surface area contributed by atoms with E-state index in [0.29, 0.717) is 0 Å². The van der Waals surface area contributed by atoms with Crippen LogP contribution in [0.25, 0.3) is 0 Å². The number of carbonyl (C=O) groups is 2. The summed E-state index contributed by atoms with van der Waals surface area (Å²) in [6.45, 7) is 1.16. The molecule has 1 rings (SSSR count). The van der Waals surface area contributed by atoms with Crippen LogP contribution in [0.2, 0.25) is 0 Å². The fourth-order valence-corrected chi connectivity index (χ4v) is 2.42. The van der Waals surface area contributed by atoms with Gasteiger partial charge in [-0.1, -0.05) is 6.07 Å². The Morgan fingerprint density at radius 2 is 1.96 bits per heavy atom. The summed E-state index contributed by atoms with van der Waals surface area (Å²) in [5.74, 6) is -2.06. The summed E-state index contributed by atoms with van der Waals surface area (Å²) < 4.78 is 30.6. The maximum Gasteiger partial charge on any atom is 0.312 e. The number of thiol groups is 1. The lowest BCUT2D eigenvalue weighted by atomic mass is 10.1. The molecule has 0 unspecified atom stereocenters. The number of primary amides is 1. The van der Waals surface area contributed by atoms with Gasteiger partial charge in [-0.2, -0.15) is 8.42 Å². The van der Waals surface area contributed by atoms with Gasteiger partial charge in [0.25, 0.3) is 5.91 Å². The van der Waals surface area contributed by atoms with Crippen LogP contribution < -0.4 is 11.1 Å². The quantitative estimate of drug-likeness (QED) is 0.0846. The minimum Gasteiger partial charge on any atom is -0.512 e. The number of allylic oxidation sites excluding steroid dienone is 1. The Labute approximate surface area is 148 Å². The maximum atomic E-state index is 12.2.